The van der Waals surface area contributed by atoms with Crippen LogP contribution < -0.4 is 5.73 Å². The second kappa shape index (κ2) is 6.13. The molecule has 1 aliphatic carbocycles. The first kappa shape index (κ1) is 15.9. The van der Waals surface area contributed by atoms with Gasteiger partial charge in [0, 0.05) is 11.5 Å². The van der Waals surface area contributed by atoms with Gasteiger partial charge in [-0.15, -0.1) is 0 Å². The molecule has 0 amide bonds. The van der Waals surface area contributed by atoms with Crippen LogP contribution in [-0.2, 0) is 6.18 Å². The lowest BCUT2D eigenvalue weighted by Gasteiger charge is -2.26. The van der Waals surface area contributed by atoms with Crippen LogP contribution in [0.1, 0.15) is 41.6 Å². The lowest BCUT2D eigenvalue weighted by atomic mass is 9.78. The molecule has 0 saturated heterocycles. The monoisotopic (exact) mass is 303 g/mol. The Morgan fingerprint density at radius 3 is 2.29 bits per heavy atom. The van der Waals surface area contributed by atoms with Gasteiger partial charge in [-0.1, -0.05) is 6.07 Å². The van der Waals surface area contributed by atoms with Crippen molar-refractivity contribution in [3.63, 3.8) is 0 Å². The molecular formula is C15H17F4NO. The summed E-state index contributed by atoms with van der Waals surface area (Å²) in [7, 11) is 0. The third-order valence-electron chi connectivity index (χ3n) is 4.11. The van der Waals surface area contributed by atoms with Crippen molar-refractivity contribution < 1.29 is 22.4 Å². The van der Waals surface area contributed by atoms with Crippen molar-refractivity contribution in [2.24, 2.45) is 17.6 Å². The first-order chi connectivity index (χ1) is 9.82. The Labute approximate surface area is 120 Å². The minimum Gasteiger partial charge on any atom is -0.330 e. The Bertz CT molecular complexity index is 519. The van der Waals surface area contributed by atoms with Crippen molar-refractivity contribution in [2.45, 2.75) is 31.9 Å². The van der Waals surface area contributed by atoms with E-state index < -0.39 is 17.6 Å². The Kier molecular flexibility index (Phi) is 4.66. The van der Waals surface area contributed by atoms with Gasteiger partial charge in [0.1, 0.15) is 5.82 Å². The second-order valence-corrected chi connectivity index (χ2v) is 5.51. The lowest BCUT2D eigenvalue weighted by Crippen LogP contribution is -2.26. The van der Waals surface area contributed by atoms with Gasteiger partial charge >= 0.3 is 6.18 Å². The van der Waals surface area contributed by atoms with Gasteiger partial charge in [0.25, 0.3) is 0 Å². The summed E-state index contributed by atoms with van der Waals surface area (Å²) in [4.78, 5) is 12.2. The van der Waals surface area contributed by atoms with Crippen molar-refractivity contribution in [3.05, 3.63) is 35.1 Å². The van der Waals surface area contributed by atoms with E-state index in [1.54, 1.807) is 0 Å². The van der Waals surface area contributed by atoms with Crippen LogP contribution in [0, 0.1) is 17.7 Å². The molecule has 0 unspecified atom stereocenters. The number of Topliss-reactive ketones (excluding diaryl/α,β-unsaturated/α-hetero) is 1. The van der Waals surface area contributed by atoms with Gasteiger partial charge in [-0.05, 0) is 50.3 Å². The molecule has 0 radical (unpaired) electrons. The highest BCUT2D eigenvalue weighted by Crippen LogP contribution is 2.34. The highest BCUT2D eigenvalue weighted by atomic mass is 19.4. The van der Waals surface area contributed by atoms with Gasteiger partial charge in [0.15, 0.2) is 5.78 Å². The number of carbonyl (C=O) groups excluding carboxylic acids is 1. The minimum atomic E-state index is -4.75. The summed E-state index contributed by atoms with van der Waals surface area (Å²) >= 11 is 0. The Hall–Kier alpha value is -1.43. The predicted molar refractivity (Wildman–Crippen MR) is 70.2 cm³/mol. The van der Waals surface area contributed by atoms with Crippen LogP contribution in [0.15, 0.2) is 18.2 Å². The molecule has 1 fully saturated rings. The maximum absolute atomic E-state index is 13.5. The largest absolute Gasteiger partial charge is 0.419 e. The second-order valence-electron chi connectivity index (χ2n) is 5.51. The average molecular weight is 303 g/mol. The molecule has 1 aliphatic rings. The zero-order valence-corrected chi connectivity index (χ0v) is 11.4. The molecule has 0 aromatic heterocycles. The van der Waals surface area contributed by atoms with Gasteiger partial charge in [-0.2, -0.15) is 13.2 Å². The van der Waals surface area contributed by atoms with Crippen molar-refractivity contribution in [3.8, 4) is 0 Å². The number of rotatable bonds is 3. The molecule has 1 saturated carbocycles. The number of hydrogen-bond acceptors (Lipinski definition) is 2. The Morgan fingerprint density at radius 1 is 1.19 bits per heavy atom. The highest BCUT2D eigenvalue weighted by molar-refractivity contribution is 5.97. The van der Waals surface area contributed by atoms with Crippen molar-refractivity contribution in [1.29, 1.82) is 0 Å². The van der Waals surface area contributed by atoms with E-state index >= 15 is 0 Å². The smallest absolute Gasteiger partial charge is 0.330 e. The van der Waals surface area contributed by atoms with Gasteiger partial charge < -0.3 is 5.73 Å². The maximum Gasteiger partial charge on any atom is 0.419 e. The van der Waals surface area contributed by atoms with E-state index in [1.807, 2.05) is 0 Å². The summed E-state index contributed by atoms with van der Waals surface area (Å²) in [5, 5.41) is 0. The van der Waals surface area contributed by atoms with E-state index in [4.69, 9.17) is 5.73 Å². The fraction of sp³-hybridized carbons (Fsp3) is 0.533. The summed E-state index contributed by atoms with van der Waals surface area (Å²) in [6.07, 6.45) is -1.77. The maximum atomic E-state index is 13.5. The zero-order valence-electron chi connectivity index (χ0n) is 11.4. The summed E-state index contributed by atoms with van der Waals surface area (Å²) in [6, 6.07) is 2.39. The molecule has 0 aliphatic heterocycles. The molecule has 1 aromatic rings. The number of halogens is 4. The average Bonchev–Trinajstić information content (AvgIpc) is 2.45. The molecule has 0 atom stereocenters. The summed E-state index contributed by atoms with van der Waals surface area (Å²) in [5.74, 6) is -1.52. The fourth-order valence-corrected chi connectivity index (χ4v) is 2.79. The molecule has 0 spiro atoms. The van der Waals surface area contributed by atoms with Gasteiger partial charge in [0.2, 0.25) is 0 Å². The quantitative estimate of drug-likeness (QED) is 0.682. The van der Waals surface area contributed by atoms with Gasteiger partial charge in [0.05, 0.1) is 5.56 Å². The molecule has 116 valence electrons. The molecule has 6 heteroatoms. The first-order valence-electron chi connectivity index (χ1n) is 6.94. The van der Waals surface area contributed by atoms with Crippen LogP contribution in [0.4, 0.5) is 17.6 Å². The molecule has 21 heavy (non-hydrogen) atoms. The van der Waals surface area contributed by atoms with E-state index in [0.29, 0.717) is 37.4 Å². The standard InChI is InChI=1S/C15H17F4NO/c16-13-7-11(5-6-12(13)15(17,18)19)14(21)10-3-1-9(8-20)2-4-10/h5-7,9-10H,1-4,8,20H2. The van der Waals surface area contributed by atoms with Crippen molar-refractivity contribution in [1.82, 2.24) is 0 Å². The molecule has 2 nitrogen and oxygen atoms in total. The first-order valence-corrected chi connectivity index (χ1v) is 6.94. The van der Waals surface area contributed by atoms with E-state index in [0.717, 1.165) is 18.9 Å². The van der Waals surface area contributed by atoms with Crippen molar-refractivity contribution >= 4 is 5.78 Å². The van der Waals surface area contributed by atoms with Crippen LogP contribution >= 0.6 is 0 Å². The minimum absolute atomic E-state index is 0.0108. The third kappa shape index (κ3) is 3.61. The number of nitrogens with two attached hydrogens (primary N) is 1. The summed E-state index contributed by atoms with van der Waals surface area (Å²) < 4.78 is 50.9. The van der Waals surface area contributed by atoms with E-state index in [-0.39, 0.29) is 17.3 Å². The molecule has 1 aromatic carbocycles. The van der Waals surface area contributed by atoms with Crippen LogP contribution in [0.3, 0.4) is 0 Å². The predicted octanol–water partition coefficient (Wildman–Crippen LogP) is 3.79. The Morgan fingerprint density at radius 2 is 1.81 bits per heavy atom. The van der Waals surface area contributed by atoms with E-state index in [9.17, 15) is 22.4 Å². The number of ketones is 1. The van der Waals surface area contributed by atoms with E-state index in [2.05, 4.69) is 0 Å². The van der Waals surface area contributed by atoms with Gasteiger partial charge in [-0.3, -0.25) is 4.79 Å². The van der Waals surface area contributed by atoms with E-state index in [1.165, 1.54) is 0 Å². The third-order valence-corrected chi connectivity index (χ3v) is 4.11. The molecule has 0 heterocycles. The van der Waals surface area contributed by atoms with Gasteiger partial charge in [-0.25, -0.2) is 4.39 Å². The Balaban J connectivity index is 2.12. The number of alkyl halides is 3. The van der Waals surface area contributed by atoms with Crippen LogP contribution in [0.5, 0.6) is 0 Å². The SMILES string of the molecule is NCC1CCC(C(=O)c2ccc(C(F)(F)F)c(F)c2)CC1. The fourth-order valence-electron chi connectivity index (χ4n) is 2.79. The number of carbonyl (C=O) groups is 1. The normalized spacial score (nSPS) is 23.1. The molecule has 2 N–H and O–H groups in total. The number of hydrogen-bond donors (Lipinski definition) is 1. The molecule has 0 bridgehead atoms. The number of benzene rings is 1. The topological polar surface area (TPSA) is 43.1 Å². The molecule has 2 rings (SSSR count). The summed E-state index contributed by atoms with van der Waals surface area (Å²) in [5.41, 5.74) is 4.24. The van der Waals surface area contributed by atoms with Crippen LogP contribution in [-0.4, -0.2) is 12.3 Å². The summed E-state index contributed by atoms with van der Waals surface area (Å²) in [6.45, 7) is 0.579. The lowest BCUT2D eigenvalue weighted by molar-refractivity contribution is -0.140. The van der Waals surface area contributed by atoms with Crippen molar-refractivity contribution in [2.75, 3.05) is 6.54 Å². The highest BCUT2D eigenvalue weighted by Gasteiger charge is 2.35. The van der Waals surface area contributed by atoms with Crippen LogP contribution in [0.25, 0.3) is 0 Å². The molecular weight excluding hydrogens is 286 g/mol. The van der Waals surface area contributed by atoms with Crippen LogP contribution in [0.2, 0.25) is 0 Å². The zero-order chi connectivity index (χ0) is 15.6.